The van der Waals surface area contributed by atoms with E-state index in [1.54, 1.807) is 0 Å². The molecular formula is C20H22N3+. The molecule has 1 aliphatic heterocycles. The van der Waals surface area contributed by atoms with Crippen molar-refractivity contribution in [2.75, 3.05) is 36.0 Å². The zero-order chi connectivity index (χ0) is 15.6. The predicted octanol–water partition coefficient (Wildman–Crippen LogP) is 3.29. The van der Waals surface area contributed by atoms with Gasteiger partial charge in [0.05, 0.1) is 13.1 Å². The van der Waals surface area contributed by atoms with Gasteiger partial charge in [0.1, 0.15) is 18.6 Å². The van der Waals surface area contributed by atoms with Gasteiger partial charge in [-0.2, -0.15) is 0 Å². The molecule has 4 rings (SSSR count). The van der Waals surface area contributed by atoms with E-state index in [1.807, 2.05) is 0 Å². The molecule has 3 heteroatoms. The molecule has 1 aromatic heterocycles. The Hall–Kier alpha value is -2.55. The molecule has 1 aliphatic rings. The Kier molecular flexibility index (Phi) is 3.62. The van der Waals surface area contributed by atoms with E-state index in [0.717, 1.165) is 26.2 Å². The third kappa shape index (κ3) is 2.74. The molecular weight excluding hydrogens is 282 g/mol. The Morgan fingerprint density at radius 3 is 2.22 bits per heavy atom. The summed E-state index contributed by atoms with van der Waals surface area (Å²) in [5.74, 6) is 1.23. The number of pyridine rings is 1. The van der Waals surface area contributed by atoms with Crippen LogP contribution in [-0.2, 0) is 0 Å². The number of piperazine rings is 1. The van der Waals surface area contributed by atoms with Gasteiger partial charge in [0.2, 0.25) is 0 Å². The number of benzene rings is 2. The van der Waals surface area contributed by atoms with E-state index < -0.39 is 0 Å². The number of aryl methyl sites for hydroxylation is 1. The molecule has 1 saturated heterocycles. The van der Waals surface area contributed by atoms with E-state index in [9.17, 15) is 0 Å². The first kappa shape index (κ1) is 14.1. The van der Waals surface area contributed by atoms with Crippen LogP contribution < -0.4 is 14.8 Å². The molecule has 2 aromatic carbocycles. The lowest BCUT2D eigenvalue weighted by Gasteiger charge is -2.32. The molecule has 1 N–H and O–H groups in total. The maximum Gasteiger partial charge on any atom is 0.275 e. The van der Waals surface area contributed by atoms with Gasteiger partial charge < -0.3 is 4.90 Å². The van der Waals surface area contributed by atoms with Crippen LogP contribution in [0.2, 0.25) is 0 Å². The lowest BCUT2D eigenvalue weighted by molar-refractivity contribution is -0.330. The smallest absolute Gasteiger partial charge is 0.275 e. The minimum atomic E-state index is 1.04. The molecule has 3 aromatic rings. The minimum Gasteiger partial charge on any atom is -0.364 e. The second-order valence-electron chi connectivity index (χ2n) is 6.19. The van der Waals surface area contributed by atoms with Gasteiger partial charge in [-0.3, -0.25) is 4.90 Å². The first-order chi connectivity index (χ1) is 11.3. The Morgan fingerprint density at radius 2 is 1.43 bits per heavy atom. The minimum absolute atomic E-state index is 1.04. The van der Waals surface area contributed by atoms with Gasteiger partial charge >= 0.3 is 0 Å². The third-order valence-corrected chi connectivity index (χ3v) is 4.71. The fourth-order valence-corrected chi connectivity index (χ4v) is 3.41. The van der Waals surface area contributed by atoms with Crippen LogP contribution in [0.3, 0.4) is 0 Å². The van der Waals surface area contributed by atoms with Gasteiger partial charge in [-0.05, 0) is 30.7 Å². The van der Waals surface area contributed by atoms with Crippen molar-refractivity contribution in [1.82, 2.24) is 0 Å². The quantitative estimate of drug-likeness (QED) is 0.724. The first-order valence-corrected chi connectivity index (χ1v) is 8.28. The molecule has 0 atom stereocenters. The lowest BCUT2D eigenvalue weighted by atomic mass is 10.1. The van der Waals surface area contributed by atoms with Crippen molar-refractivity contribution < 1.29 is 4.98 Å². The summed E-state index contributed by atoms with van der Waals surface area (Å²) in [5.41, 5.74) is 3.87. The molecule has 0 aliphatic carbocycles. The second kappa shape index (κ2) is 5.92. The van der Waals surface area contributed by atoms with Gasteiger partial charge in [-0.1, -0.05) is 36.4 Å². The van der Waals surface area contributed by atoms with Crippen LogP contribution in [0, 0.1) is 6.92 Å². The number of aromatic amines is 1. The van der Waals surface area contributed by atoms with E-state index in [1.165, 1.54) is 28.0 Å². The Bertz CT molecular complexity index is 805. The summed E-state index contributed by atoms with van der Waals surface area (Å²) in [6.45, 7) is 6.40. The van der Waals surface area contributed by atoms with Crippen LogP contribution in [-0.4, -0.2) is 26.2 Å². The maximum absolute atomic E-state index is 3.60. The van der Waals surface area contributed by atoms with Crippen molar-refractivity contribution in [3.63, 3.8) is 0 Å². The Morgan fingerprint density at radius 1 is 0.783 bits per heavy atom. The number of anilines is 2. The normalized spacial score (nSPS) is 15.2. The van der Waals surface area contributed by atoms with Crippen LogP contribution in [0.5, 0.6) is 0 Å². The fourth-order valence-electron chi connectivity index (χ4n) is 3.41. The van der Waals surface area contributed by atoms with Gasteiger partial charge in [0, 0.05) is 17.1 Å². The third-order valence-electron chi connectivity index (χ3n) is 4.71. The molecule has 0 radical (unpaired) electrons. The van der Waals surface area contributed by atoms with Crippen molar-refractivity contribution in [1.29, 1.82) is 0 Å². The number of aromatic nitrogens is 1. The van der Waals surface area contributed by atoms with E-state index in [0.29, 0.717) is 0 Å². The number of H-pyrrole nitrogens is 1. The average molecular weight is 304 g/mol. The average Bonchev–Trinajstić information content (AvgIpc) is 2.63. The van der Waals surface area contributed by atoms with E-state index >= 15 is 0 Å². The number of nitrogens with zero attached hydrogens (tertiary/aromatic N) is 2. The number of hydrogen-bond acceptors (Lipinski definition) is 2. The van der Waals surface area contributed by atoms with Crippen LogP contribution >= 0.6 is 0 Å². The second-order valence-corrected chi connectivity index (χ2v) is 6.19. The summed E-state index contributed by atoms with van der Waals surface area (Å²) in [4.78, 5) is 8.52. The Balaban J connectivity index is 1.54. The van der Waals surface area contributed by atoms with E-state index in [-0.39, 0.29) is 0 Å². The predicted molar refractivity (Wildman–Crippen MR) is 96.1 cm³/mol. The highest BCUT2D eigenvalue weighted by Crippen LogP contribution is 2.21. The summed E-state index contributed by atoms with van der Waals surface area (Å²) >= 11 is 0. The summed E-state index contributed by atoms with van der Waals surface area (Å²) in [6, 6.07) is 21.5. The fraction of sp³-hybridized carbons (Fsp3) is 0.250. The largest absolute Gasteiger partial charge is 0.364 e. The van der Waals surface area contributed by atoms with Gasteiger partial charge in [0.15, 0.2) is 0 Å². The molecule has 3 nitrogen and oxygen atoms in total. The molecule has 0 spiro atoms. The SMILES string of the molecule is Cc1cc(N2CCN(c3ccccc3)CC2)[nH+]c2ccccc12. The van der Waals surface area contributed by atoms with Crippen molar-refractivity contribution in [2.24, 2.45) is 0 Å². The van der Waals surface area contributed by atoms with Gasteiger partial charge in [0.25, 0.3) is 5.82 Å². The van der Waals surface area contributed by atoms with Crippen LogP contribution in [0.4, 0.5) is 11.5 Å². The zero-order valence-electron chi connectivity index (χ0n) is 13.5. The molecule has 23 heavy (non-hydrogen) atoms. The van der Waals surface area contributed by atoms with Crippen LogP contribution in [0.1, 0.15) is 5.56 Å². The first-order valence-electron chi connectivity index (χ1n) is 8.28. The number of para-hydroxylation sites is 2. The topological polar surface area (TPSA) is 20.6 Å². The molecule has 0 amide bonds. The lowest BCUT2D eigenvalue weighted by Crippen LogP contribution is -2.48. The van der Waals surface area contributed by atoms with E-state index in [2.05, 4.69) is 82.4 Å². The number of hydrogen-bond donors (Lipinski definition) is 0. The standard InChI is InChI=1S/C20H21N3/c1-16-15-20(21-19-10-6-5-9-18(16)19)23-13-11-22(12-14-23)17-7-3-2-4-8-17/h2-10,15H,11-14H2,1H3/p+1. The van der Waals surface area contributed by atoms with Crippen LogP contribution in [0.15, 0.2) is 60.7 Å². The molecule has 1 fully saturated rings. The highest BCUT2D eigenvalue weighted by Gasteiger charge is 2.24. The van der Waals surface area contributed by atoms with Crippen molar-refractivity contribution in [3.05, 3.63) is 66.2 Å². The number of fused-ring (bicyclic) bond motifs is 1. The molecule has 116 valence electrons. The molecule has 0 saturated carbocycles. The van der Waals surface area contributed by atoms with Crippen molar-refractivity contribution in [3.8, 4) is 0 Å². The molecule has 0 unspecified atom stereocenters. The monoisotopic (exact) mass is 304 g/mol. The van der Waals surface area contributed by atoms with Crippen LogP contribution in [0.25, 0.3) is 10.9 Å². The van der Waals surface area contributed by atoms with Crippen molar-refractivity contribution in [2.45, 2.75) is 6.92 Å². The van der Waals surface area contributed by atoms with E-state index in [4.69, 9.17) is 0 Å². The highest BCUT2D eigenvalue weighted by molar-refractivity contribution is 5.80. The summed E-state index contributed by atoms with van der Waals surface area (Å²) in [5, 5.41) is 1.30. The zero-order valence-corrected chi connectivity index (χ0v) is 13.5. The van der Waals surface area contributed by atoms with Gasteiger partial charge in [-0.15, -0.1) is 0 Å². The maximum atomic E-state index is 3.60. The number of nitrogens with one attached hydrogen (secondary N) is 1. The van der Waals surface area contributed by atoms with Crippen molar-refractivity contribution >= 4 is 22.4 Å². The Labute approximate surface area is 137 Å². The molecule has 0 bridgehead atoms. The van der Waals surface area contributed by atoms with Gasteiger partial charge in [-0.25, -0.2) is 4.98 Å². The number of rotatable bonds is 2. The summed E-state index contributed by atoms with van der Waals surface area (Å²) in [7, 11) is 0. The molecule has 2 heterocycles. The highest BCUT2D eigenvalue weighted by atomic mass is 15.3. The summed E-state index contributed by atoms with van der Waals surface area (Å²) < 4.78 is 0. The summed E-state index contributed by atoms with van der Waals surface area (Å²) in [6.07, 6.45) is 0.